The summed E-state index contributed by atoms with van der Waals surface area (Å²) in [5.41, 5.74) is 3.13. The first-order valence-corrected chi connectivity index (χ1v) is 8.96. The molecule has 5 heteroatoms. The van der Waals surface area contributed by atoms with Gasteiger partial charge in [-0.05, 0) is 44.4 Å². The summed E-state index contributed by atoms with van der Waals surface area (Å²) in [5.74, 6) is 1.18. The van der Waals surface area contributed by atoms with Gasteiger partial charge < -0.3 is 9.80 Å². The second-order valence-electron chi connectivity index (χ2n) is 7.45. The molecule has 0 aliphatic carbocycles. The summed E-state index contributed by atoms with van der Waals surface area (Å²) in [6.45, 7) is 7.22. The third kappa shape index (κ3) is 2.99. The third-order valence-corrected chi connectivity index (χ3v) is 5.52. The summed E-state index contributed by atoms with van der Waals surface area (Å²) in [5, 5.41) is 8.44. The summed E-state index contributed by atoms with van der Waals surface area (Å²) in [6, 6.07) is 12.4. The Morgan fingerprint density at radius 3 is 2.68 bits per heavy atom. The zero-order valence-electron chi connectivity index (χ0n) is 14.9. The van der Waals surface area contributed by atoms with Crippen LogP contribution in [0.1, 0.15) is 29.7 Å². The van der Waals surface area contributed by atoms with Crippen LogP contribution in [0.2, 0.25) is 0 Å². The molecule has 5 nitrogen and oxygen atoms in total. The standard InChI is InChI=1S/C20H24N4O/c1-15-4-3-5-17(12-15)13-23-10-8-20(19(23)25)9-11-24(14-20)18-7-6-16(2)21-22-18/h3-7,12H,8-11,13-14H2,1-2H3. The van der Waals surface area contributed by atoms with Crippen LogP contribution in [0.15, 0.2) is 36.4 Å². The fourth-order valence-corrected chi connectivity index (χ4v) is 4.08. The van der Waals surface area contributed by atoms with Crippen LogP contribution < -0.4 is 4.90 Å². The van der Waals surface area contributed by atoms with Gasteiger partial charge in [0.05, 0.1) is 11.1 Å². The number of hydrogen-bond donors (Lipinski definition) is 0. The van der Waals surface area contributed by atoms with Gasteiger partial charge in [-0.2, -0.15) is 5.10 Å². The highest BCUT2D eigenvalue weighted by molar-refractivity contribution is 5.86. The molecule has 0 radical (unpaired) electrons. The van der Waals surface area contributed by atoms with Crippen molar-refractivity contribution in [3.63, 3.8) is 0 Å². The number of nitrogens with zero attached hydrogens (tertiary/aromatic N) is 4. The quantitative estimate of drug-likeness (QED) is 0.865. The molecular weight excluding hydrogens is 312 g/mol. The summed E-state index contributed by atoms with van der Waals surface area (Å²) in [4.78, 5) is 17.3. The summed E-state index contributed by atoms with van der Waals surface area (Å²) < 4.78 is 0. The van der Waals surface area contributed by atoms with Gasteiger partial charge in [-0.15, -0.1) is 5.10 Å². The SMILES string of the molecule is Cc1cccc(CN2CCC3(CCN(c4ccc(C)nn4)C3)C2=O)c1. The molecule has 25 heavy (non-hydrogen) atoms. The highest BCUT2D eigenvalue weighted by Crippen LogP contribution is 2.42. The van der Waals surface area contributed by atoms with Gasteiger partial charge in [-0.3, -0.25) is 4.79 Å². The van der Waals surface area contributed by atoms with Crippen LogP contribution in [0.5, 0.6) is 0 Å². The Morgan fingerprint density at radius 2 is 1.92 bits per heavy atom. The molecule has 1 atom stereocenters. The molecule has 0 N–H and O–H groups in total. The van der Waals surface area contributed by atoms with Crippen LogP contribution in [-0.2, 0) is 11.3 Å². The highest BCUT2D eigenvalue weighted by Gasteiger charge is 2.50. The predicted molar refractivity (Wildman–Crippen MR) is 97.2 cm³/mol. The minimum Gasteiger partial charge on any atom is -0.354 e. The third-order valence-electron chi connectivity index (χ3n) is 5.52. The molecule has 2 saturated heterocycles. The first-order valence-electron chi connectivity index (χ1n) is 8.96. The van der Waals surface area contributed by atoms with Crippen LogP contribution in [0.25, 0.3) is 0 Å². The molecule has 2 aliphatic rings. The van der Waals surface area contributed by atoms with E-state index in [4.69, 9.17) is 0 Å². The smallest absolute Gasteiger partial charge is 0.231 e. The molecule has 1 aromatic carbocycles. The first kappa shape index (κ1) is 16.1. The fourth-order valence-electron chi connectivity index (χ4n) is 4.08. The van der Waals surface area contributed by atoms with Crippen molar-refractivity contribution in [1.82, 2.24) is 15.1 Å². The first-order chi connectivity index (χ1) is 12.1. The second-order valence-corrected chi connectivity index (χ2v) is 7.45. The minimum atomic E-state index is -0.240. The second kappa shape index (κ2) is 6.14. The van der Waals surface area contributed by atoms with Crippen molar-refractivity contribution < 1.29 is 4.79 Å². The molecule has 0 bridgehead atoms. The van der Waals surface area contributed by atoms with E-state index in [9.17, 15) is 4.79 Å². The van der Waals surface area contributed by atoms with E-state index in [0.29, 0.717) is 12.5 Å². The van der Waals surface area contributed by atoms with E-state index < -0.39 is 0 Å². The summed E-state index contributed by atoms with van der Waals surface area (Å²) in [7, 11) is 0. The molecule has 0 saturated carbocycles. The number of amides is 1. The zero-order chi connectivity index (χ0) is 17.4. The zero-order valence-corrected chi connectivity index (χ0v) is 14.9. The molecule has 2 fully saturated rings. The number of benzene rings is 1. The van der Waals surface area contributed by atoms with Gasteiger partial charge >= 0.3 is 0 Å². The van der Waals surface area contributed by atoms with Crippen LogP contribution in [0, 0.1) is 19.3 Å². The van der Waals surface area contributed by atoms with Crippen LogP contribution in [0.3, 0.4) is 0 Å². The molecule has 130 valence electrons. The lowest BCUT2D eigenvalue weighted by atomic mass is 9.85. The lowest BCUT2D eigenvalue weighted by molar-refractivity contribution is -0.135. The van der Waals surface area contributed by atoms with Gasteiger partial charge in [-0.25, -0.2) is 0 Å². The maximum atomic E-state index is 13.1. The number of hydrogen-bond acceptors (Lipinski definition) is 4. The van der Waals surface area contributed by atoms with Crippen molar-refractivity contribution >= 4 is 11.7 Å². The molecular formula is C20H24N4O. The molecule has 3 heterocycles. The Kier molecular flexibility index (Phi) is 3.94. The number of carbonyl (C=O) groups excluding carboxylic acids is 1. The molecule has 1 aromatic heterocycles. The van der Waals surface area contributed by atoms with Crippen molar-refractivity contribution in [1.29, 1.82) is 0 Å². The molecule has 2 aromatic rings. The topological polar surface area (TPSA) is 49.3 Å². The largest absolute Gasteiger partial charge is 0.354 e. The van der Waals surface area contributed by atoms with Crippen molar-refractivity contribution in [3.05, 3.63) is 53.2 Å². The molecule has 1 spiro atoms. The lowest BCUT2D eigenvalue weighted by Crippen LogP contribution is -2.36. The van der Waals surface area contributed by atoms with Gasteiger partial charge in [0.25, 0.3) is 0 Å². The van der Waals surface area contributed by atoms with Crippen LogP contribution in [-0.4, -0.2) is 40.6 Å². The maximum absolute atomic E-state index is 13.1. The van der Waals surface area contributed by atoms with Crippen molar-refractivity contribution in [2.75, 3.05) is 24.5 Å². The Morgan fingerprint density at radius 1 is 1.08 bits per heavy atom. The van der Waals surface area contributed by atoms with Gasteiger partial charge in [0.15, 0.2) is 5.82 Å². The van der Waals surface area contributed by atoms with E-state index in [2.05, 4.69) is 46.3 Å². The monoisotopic (exact) mass is 336 g/mol. The van der Waals surface area contributed by atoms with E-state index >= 15 is 0 Å². The van der Waals surface area contributed by atoms with Crippen molar-refractivity contribution in [3.8, 4) is 0 Å². The highest BCUT2D eigenvalue weighted by atomic mass is 16.2. The lowest BCUT2D eigenvalue weighted by Gasteiger charge is -2.24. The Hall–Kier alpha value is -2.43. The number of rotatable bonds is 3. The Balaban J connectivity index is 1.47. The predicted octanol–water partition coefficient (Wildman–Crippen LogP) is 2.72. The van der Waals surface area contributed by atoms with Gasteiger partial charge in [0, 0.05) is 26.2 Å². The van der Waals surface area contributed by atoms with Crippen LogP contribution in [0.4, 0.5) is 5.82 Å². The van der Waals surface area contributed by atoms with Gasteiger partial charge in [-0.1, -0.05) is 29.8 Å². The summed E-state index contributed by atoms with van der Waals surface area (Å²) in [6.07, 6.45) is 1.85. The minimum absolute atomic E-state index is 0.240. The van der Waals surface area contributed by atoms with E-state index in [1.165, 1.54) is 11.1 Å². The maximum Gasteiger partial charge on any atom is 0.231 e. The Bertz CT molecular complexity index is 789. The van der Waals surface area contributed by atoms with Gasteiger partial charge in [0.1, 0.15) is 0 Å². The van der Waals surface area contributed by atoms with Crippen molar-refractivity contribution in [2.24, 2.45) is 5.41 Å². The molecule has 1 unspecified atom stereocenters. The van der Waals surface area contributed by atoms with E-state index in [0.717, 1.165) is 44.0 Å². The van der Waals surface area contributed by atoms with E-state index in [1.54, 1.807) is 0 Å². The van der Waals surface area contributed by atoms with Gasteiger partial charge in [0.2, 0.25) is 5.91 Å². The molecule has 4 rings (SSSR count). The number of aromatic nitrogens is 2. The number of carbonyl (C=O) groups is 1. The molecule has 2 aliphatic heterocycles. The normalized spacial score (nSPS) is 23.0. The fraction of sp³-hybridized carbons (Fsp3) is 0.450. The average molecular weight is 336 g/mol. The van der Waals surface area contributed by atoms with Crippen molar-refractivity contribution in [2.45, 2.75) is 33.2 Å². The molecule has 1 amide bonds. The number of likely N-dealkylation sites (tertiary alicyclic amines) is 1. The number of aryl methyl sites for hydroxylation is 2. The average Bonchev–Trinajstić information content (AvgIpc) is 3.16. The van der Waals surface area contributed by atoms with Crippen LogP contribution >= 0.6 is 0 Å². The number of anilines is 1. The Labute approximate surface area is 148 Å². The van der Waals surface area contributed by atoms with E-state index in [-0.39, 0.29) is 5.41 Å². The van der Waals surface area contributed by atoms with E-state index in [1.807, 2.05) is 24.0 Å². The summed E-state index contributed by atoms with van der Waals surface area (Å²) >= 11 is 0.